The van der Waals surface area contributed by atoms with E-state index < -0.39 is 0 Å². The summed E-state index contributed by atoms with van der Waals surface area (Å²) in [6.07, 6.45) is 4.12. The monoisotopic (exact) mass is 194 g/mol. The minimum atomic E-state index is 0.421. The Balaban J connectivity index is 2.03. The highest BCUT2D eigenvalue weighted by Gasteiger charge is 2.08. The zero-order valence-electron chi connectivity index (χ0n) is 7.51. The average Bonchev–Trinajstić information content (AvgIpc) is 2.79. The van der Waals surface area contributed by atoms with Crippen LogP contribution in [0.2, 0.25) is 0 Å². The molecule has 0 fully saturated rings. The Labute approximate surface area is 80.1 Å². The zero-order chi connectivity index (χ0) is 9.80. The molecule has 0 saturated carbocycles. The molecule has 0 bridgehead atoms. The molecule has 0 aliphatic heterocycles. The van der Waals surface area contributed by atoms with Crippen molar-refractivity contribution >= 4 is 0 Å². The molecule has 2 aromatic heterocycles. The number of hydrogen-bond donors (Lipinski definition) is 1. The van der Waals surface area contributed by atoms with Crippen LogP contribution in [0.25, 0.3) is 0 Å². The molecule has 2 rings (SSSR count). The maximum absolute atomic E-state index is 5.35. The van der Waals surface area contributed by atoms with Crippen LogP contribution < -0.4 is 5.73 Å². The molecule has 2 heterocycles. The third-order valence-corrected chi connectivity index (χ3v) is 1.66. The summed E-state index contributed by atoms with van der Waals surface area (Å²) in [5.74, 6) is 1.68. The predicted octanol–water partition coefficient (Wildman–Crippen LogP) is 0.150. The maximum Gasteiger partial charge on any atom is 0.235 e. The van der Waals surface area contributed by atoms with Crippen molar-refractivity contribution in [2.24, 2.45) is 5.73 Å². The molecule has 0 radical (unpaired) electrons. The first-order valence-corrected chi connectivity index (χ1v) is 4.28. The van der Waals surface area contributed by atoms with E-state index in [1.165, 1.54) is 6.26 Å². The van der Waals surface area contributed by atoms with Gasteiger partial charge < -0.3 is 14.7 Å². The SMILES string of the molecule is NCCc1noc(Cc2ncco2)n1. The third-order valence-electron chi connectivity index (χ3n) is 1.66. The summed E-state index contributed by atoms with van der Waals surface area (Å²) >= 11 is 0. The van der Waals surface area contributed by atoms with Gasteiger partial charge in [-0.15, -0.1) is 0 Å². The average molecular weight is 194 g/mol. The molecule has 0 aromatic carbocycles. The van der Waals surface area contributed by atoms with Crippen molar-refractivity contribution in [1.82, 2.24) is 15.1 Å². The smallest absolute Gasteiger partial charge is 0.235 e. The first kappa shape index (κ1) is 8.89. The van der Waals surface area contributed by atoms with Crippen molar-refractivity contribution in [3.8, 4) is 0 Å². The summed E-state index contributed by atoms with van der Waals surface area (Å²) in [5.41, 5.74) is 5.35. The van der Waals surface area contributed by atoms with Crippen LogP contribution in [-0.4, -0.2) is 21.7 Å². The van der Waals surface area contributed by atoms with Crippen molar-refractivity contribution in [3.05, 3.63) is 30.1 Å². The van der Waals surface area contributed by atoms with Crippen LogP contribution in [0.4, 0.5) is 0 Å². The van der Waals surface area contributed by atoms with Gasteiger partial charge in [0.15, 0.2) is 5.82 Å². The highest BCUT2D eigenvalue weighted by Crippen LogP contribution is 2.05. The first-order chi connectivity index (χ1) is 6.88. The predicted molar refractivity (Wildman–Crippen MR) is 46.4 cm³/mol. The van der Waals surface area contributed by atoms with E-state index in [1.807, 2.05) is 0 Å². The van der Waals surface area contributed by atoms with Gasteiger partial charge >= 0.3 is 0 Å². The quantitative estimate of drug-likeness (QED) is 0.744. The Morgan fingerprint density at radius 1 is 1.36 bits per heavy atom. The van der Waals surface area contributed by atoms with Crippen molar-refractivity contribution in [1.29, 1.82) is 0 Å². The molecule has 6 heteroatoms. The fraction of sp³-hybridized carbons (Fsp3) is 0.375. The Morgan fingerprint density at radius 3 is 3.00 bits per heavy atom. The summed E-state index contributed by atoms with van der Waals surface area (Å²) < 4.78 is 10.0. The van der Waals surface area contributed by atoms with Crippen LogP contribution in [0, 0.1) is 0 Å². The van der Waals surface area contributed by atoms with Gasteiger partial charge in [-0.1, -0.05) is 5.16 Å². The maximum atomic E-state index is 5.35. The Morgan fingerprint density at radius 2 is 2.29 bits per heavy atom. The Kier molecular flexibility index (Phi) is 2.55. The fourth-order valence-corrected chi connectivity index (χ4v) is 1.06. The number of oxazole rings is 1. The van der Waals surface area contributed by atoms with E-state index in [0.717, 1.165) is 0 Å². The summed E-state index contributed by atoms with van der Waals surface area (Å²) in [6, 6.07) is 0. The molecule has 0 aliphatic carbocycles. The van der Waals surface area contributed by atoms with E-state index in [4.69, 9.17) is 14.7 Å². The molecule has 0 saturated heterocycles. The second-order valence-electron chi connectivity index (χ2n) is 2.75. The number of nitrogens with zero attached hydrogens (tertiary/aromatic N) is 3. The van der Waals surface area contributed by atoms with Crippen LogP contribution in [-0.2, 0) is 12.8 Å². The number of hydrogen-bond acceptors (Lipinski definition) is 6. The van der Waals surface area contributed by atoms with Gasteiger partial charge in [0.2, 0.25) is 11.8 Å². The summed E-state index contributed by atoms with van der Waals surface area (Å²) in [7, 11) is 0. The highest BCUT2D eigenvalue weighted by molar-refractivity contribution is 4.95. The molecule has 74 valence electrons. The number of nitrogens with two attached hydrogens (primary N) is 1. The minimum Gasteiger partial charge on any atom is -0.448 e. The Hall–Kier alpha value is -1.69. The molecule has 2 aromatic rings. The van der Waals surface area contributed by atoms with Crippen molar-refractivity contribution in [2.45, 2.75) is 12.8 Å². The molecule has 0 atom stereocenters. The number of aromatic nitrogens is 3. The second kappa shape index (κ2) is 4.01. The molecule has 0 amide bonds. The molecule has 0 aliphatic rings. The van der Waals surface area contributed by atoms with Crippen molar-refractivity contribution in [2.75, 3.05) is 6.54 Å². The van der Waals surface area contributed by atoms with Crippen LogP contribution in [0.1, 0.15) is 17.6 Å². The van der Waals surface area contributed by atoms with Crippen LogP contribution in [0.5, 0.6) is 0 Å². The van der Waals surface area contributed by atoms with Gasteiger partial charge in [-0.25, -0.2) is 4.98 Å². The highest BCUT2D eigenvalue weighted by atomic mass is 16.5. The molecule has 2 N–H and O–H groups in total. The van der Waals surface area contributed by atoms with Gasteiger partial charge in [-0.2, -0.15) is 4.98 Å². The van der Waals surface area contributed by atoms with Gasteiger partial charge in [0.1, 0.15) is 12.7 Å². The second-order valence-corrected chi connectivity index (χ2v) is 2.75. The van der Waals surface area contributed by atoms with E-state index in [1.54, 1.807) is 6.20 Å². The topological polar surface area (TPSA) is 91.0 Å². The van der Waals surface area contributed by atoms with Crippen LogP contribution in [0.15, 0.2) is 21.4 Å². The summed E-state index contributed by atoms with van der Waals surface area (Å²) in [5, 5.41) is 3.75. The van der Waals surface area contributed by atoms with E-state index >= 15 is 0 Å². The molecule has 6 nitrogen and oxygen atoms in total. The Bertz CT molecular complexity index is 382. The first-order valence-electron chi connectivity index (χ1n) is 4.28. The lowest BCUT2D eigenvalue weighted by molar-refractivity contribution is 0.368. The lowest BCUT2D eigenvalue weighted by Crippen LogP contribution is -2.04. The van der Waals surface area contributed by atoms with Crippen molar-refractivity contribution in [3.63, 3.8) is 0 Å². The van der Waals surface area contributed by atoms with E-state index in [9.17, 15) is 0 Å². The summed E-state index contributed by atoms with van der Waals surface area (Å²) in [6.45, 7) is 0.512. The zero-order valence-corrected chi connectivity index (χ0v) is 7.51. The lowest BCUT2D eigenvalue weighted by Gasteiger charge is -1.86. The molecule has 0 spiro atoms. The molecule has 14 heavy (non-hydrogen) atoms. The third kappa shape index (κ3) is 1.97. The van der Waals surface area contributed by atoms with Crippen molar-refractivity contribution < 1.29 is 8.94 Å². The normalized spacial score (nSPS) is 10.6. The lowest BCUT2D eigenvalue weighted by atomic mass is 10.4. The van der Waals surface area contributed by atoms with Gasteiger partial charge in [-0.3, -0.25) is 0 Å². The minimum absolute atomic E-state index is 0.421. The van der Waals surface area contributed by atoms with Gasteiger partial charge in [0.05, 0.1) is 6.20 Å². The fourth-order valence-electron chi connectivity index (χ4n) is 1.06. The molecule has 0 unspecified atom stereocenters. The largest absolute Gasteiger partial charge is 0.448 e. The standard InChI is InChI=1S/C8H10N4O2/c9-2-1-6-11-8(14-12-6)5-7-10-3-4-13-7/h3-4H,1-2,5,9H2. The van der Waals surface area contributed by atoms with Gasteiger partial charge in [0, 0.05) is 6.42 Å². The van der Waals surface area contributed by atoms with E-state index in [-0.39, 0.29) is 0 Å². The van der Waals surface area contributed by atoms with Gasteiger partial charge in [0.25, 0.3) is 0 Å². The summed E-state index contributed by atoms with van der Waals surface area (Å²) in [4.78, 5) is 8.06. The van der Waals surface area contributed by atoms with Crippen LogP contribution in [0.3, 0.4) is 0 Å². The van der Waals surface area contributed by atoms with E-state index in [2.05, 4.69) is 15.1 Å². The van der Waals surface area contributed by atoms with Gasteiger partial charge in [-0.05, 0) is 6.54 Å². The van der Waals surface area contributed by atoms with Crippen LogP contribution >= 0.6 is 0 Å². The molecular formula is C8H10N4O2. The number of rotatable bonds is 4. The molecular weight excluding hydrogens is 184 g/mol. The van der Waals surface area contributed by atoms with E-state index in [0.29, 0.717) is 37.0 Å².